The van der Waals surface area contributed by atoms with Crippen LogP contribution >= 0.6 is 0 Å². The van der Waals surface area contributed by atoms with Crippen molar-refractivity contribution in [3.8, 4) is 0 Å². The molecule has 0 N–H and O–H groups in total. The van der Waals surface area contributed by atoms with Crippen molar-refractivity contribution in [3.05, 3.63) is 0 Å². The minimum atomic E-state index is -0.759. The van der Waals surface area contributed by atoms with E-state index in [1.165, 1.54) is 270 Å². The monoisotopic (exact) mass is 989 g/mol. The summed E-state index contributed by atoms with van der Waals surface area (Å²) in [6, 6.07) is 0. The van der Waals surface area contributed by atoms with Crippen LogP contribution in [0.15, 0.2) is 0 Å². The van der Waals surface area contributed by atoms with Crippen molar-refractivity contribution < 1.29 is 28.6 Å². The molecule has 0 aromatic heterocycles. The van der Waals surface area contributed by atoms with Crippen LogP contribution in [0.3, 0.4) is 0 Å². The zero-order valence-electron chi connectivity index (χ0n) is 47.8. The summed E-state index contributed by atoms with van der Waals surface area (Å²) >= 11 is 0. The lowest BCUT2D eigenvalue weighted by molar-refractivity contribution is -0.167. The quantitative estimate of drug-likeness (QED) is 0.0343. The fourth-order valence-electron chi connectivity index (χ4n) is 10.0. The van der Waals surface area contributed by atoms with E-state index in [1.54, 1.807) is 0 Å². The van der Waals surface area contributed by atoms with Crippen LogP contribution in [-0.2, 0) is 28.6 Å². The van der Waals surface area contributed by atoms with Crippen molar-refractivity contribution >= 4 is 17.9 Å². The molecule has 0 heterocycles. The Balaban J connectivity index is 3.79. The van der Waals surface area contributed by atoms with Crippen LogP contribution in [0.25, 0.3) is 0 Å². The molecule has 0 amide bonds. The highest BCUT2D eigenvalue weighted by Crippen LogP contribution is 2.19. The van der Waals surface area contributed by atoms with Crippen LogP contribution in [-0.4, -0.2) is 37.2 Å². The Labute approximate surface area is 438 Å². The highest BCUT2D eigenvalue weighted by Gasteiger charge is 2.19. The Morgan fingerprint density at radius 1 is 0.229 bits per heavy atom. The number of unbranched alkanes of at least 4 members (excludes halogenated alkanes) is 49. The highest BCUT2D eigenvalue weighted by molar-refractivity contribution is 5.71. The number of hydrogen-bond acceptors (Lipinski definition) is 6. The second-order valence-corrected chi connectivity index (χ2v) is 22.1. The molecule has 0 aromatic carbocycles. The van der Waals surface area contributed by atoms with E-state index in [0.717, 1.165) is 64.2 Å². The van der Waals surface area contributed by atoms with Crippen LogP contribution in [0.5, 0.6) is 0 Å². The smallest absolute Gasteiger partial charge is 0.306 e. The summed E-state index contributed by atoms with van der Waals surface area (Å²) in [6.07, 6.45) is 69.1. The Morgan fingerprint density at radius 3 is 0.571 bits per heavy atom. The molecule has 0 fully saturated rings. The van der Waals surface area contributed by atoms with E-state index in [-0.39, 0.29) is 31.1 Å². The van der Waals surface area contributed by atoms with Gasteiger partial charge in [-0.15, -0.1) is 0 Å². The second-order valence-electron chi connectivity index (χ2n) is 22.1. The van der Waals surface area contributed by atoms with Gasteiger partial charge in [-0.3, -0.25) is 14.4 Å². The van der Waals surface area contributed by atoms with Gasteiger partial charge in [-0.05, 0) is 19.3 Å². The van der Waals surface area contributed by atoms with Gasteiger partial charge >= 0.3 is 17.9 Å². The lowest BCUT2D eigenvalue weighted by atomic mass is 10.0. The summed E-state index contributed by atoms with van der Waals surface area (Å²) in [5.74, 6) is -0.853. The molecule has 0 spiro atoms. The third-order valence-corrected chi connectivity index (χ3v) is 14.9. The minimum Gasteiger partial charge on any atom is -0.462 e. The van der Waals surface area contributed by atoms with Gasteiger partial charge in [-0.2, -0.15) is 0 Å². The summed E-state index contributed by atoms with van der Waals surface area (Å²) in [4.78, 5) is 37.8. The standard InChI is InChI=1S/C64H124O6/c1-4-7-10-13-15-17-19-21-22-23-24-25-26-27-28-29-30-31-32-33-34-35-36-37-38-39-40-41-43-44-46-48-51-54-57-63(66)69-60-61(59-68-62(65)56-53-50-12-9-6-3)70-64(67)58-55-52-49-47-45-42-20-18-16-14-11-8-5-2/h61H,4-60H2,1-3H3. The number of ether oxygens (including phenoxy) is 3. The maximum atomic E-state index is 12.7. The first-order chi connectivity index (χ1) is 34.5. The molecule has 0 rings (SSSR count). The molecule has 70 heavy (non-hydrogen) atoms. The van der Waals surface area contributed by atoms with E-state index in [0.29, 0.717) is 19.3 Å². The zero-order chi connectivity index (χ0) is 50.7. The van der Waals surface area contributed by atoms with Gasteiger partial charge in [0.15, 0.2) is 6.10 Å². The molecule has 0 aliphatic carbocycles. The maximum Gasteiger partial charge on any atom is 0.306 e. The summed E-state index contributed by atoms with van der Waals surface area (Å²) < 4.78 is 16.7. The third kappa shape index (κ3) is 57.3. The van der Waals surface area contributed by atoms with E-state index in [9.17, 15) is 14.4 Å². The van der Waals surface area contributed by atoms with E-state index < -0.39 is 6.10 Å². The van der Waals surface area contributed by atoms with Crippen molar-refractivity contribution in [1.29, 1.82) is 0 Å². The number of esters is 3. The molecule has 0 radical (unpaired) electrons. The second kappa shape index (κ2) is 60.0. The van der Waals surface area contributed by atoms with Crippen molar-refractivity contribution in [2.45, 2.75) is 380 Å². The molecule has 1 atom stereocenters. The Bertz CT molecular complexity index is 1040. The molecule has 6 nitrogen and oxygen atoms in total. The number of carbonyl (C=O) groups excluding carboxylic acids is 3. The zero-order valence-corrected chi connectivity index (χ0v) is 47.8. The van der Waals surface area contributed by atoms with Crippen LogP contribution in [0.1, 0.15) is 374 Å². The van der Waals surface area contributed by atoms with Gasteiger partial charge < -0.3 is 14.2 Å². The Hall–Kier alpha value is -1.59. The molecule has 0 aromatic rings. The van der Waals surface area contributed by atoms with E-state index in [2.05, 4.69) is 20.8 Å². The average Bonchev–Trinajstić information content (AvgIpc) is 3.36. The predicted octanol–water partition coefficient (Wildman–Crippen LogP) is 21.5. The fraction of sp³-hybridized carbons (Fsp3) is 0.953. The molecule has 0 aliphatic rings. The summed E-state index contributed by atoms with van der Waals surface area (Å²) in [5, 5.41) is 0. The SMILES string of the molecule is CCCCCCCCCCCCCCCCCCCCCCCCCCCCCCCCCCCCC(=O)OCC(COC(=O)CCCCCCC)OC(=O)CCCCCCCCCCCCCCC. The van der Waals surface area contributed by atoms with Gasteiger partial charge in [0.1, 0.15) is 13.2 Å². The maximum absolute atomic E-state index is 12.7. The van der Waals surface area contributed by atoms with Crippen LogP contribution in [0, 0.1) is 0 Å². The van der Waals surface area contributed by atoms with Gasteiger partial charge in [-0.1, -0.05) is 335 Å². The predicted molar refractivity (Wildman–Crippen MR) is 303 cm³/mol. The molecular formula is C64H124O6. The van der Waals surface area contributed by atoms with E-state index in [4.69, 9.17) is 14.2 Å². The van der Waals surface area contributed by atoms with Gasteiger partial charge in [-0.25, -0.2) is 0 Å². The lowest BCUT2D eigenvalue weighted by Gasteiger charge is -2.18. The third-order valence-electron chi connectivity index (χ3n) is 14.9. The molecular weight excluding hydrogens is 865 g/mol. The first kappa shape index (κ1) is 68.4. The van der Waals surface area contributed by atoms with Gasteiger partial charge in [0, 0.05) is 19.3 Å². The number of carbonyl (C=O) groups is 3. The van der Waals surface area contributed by atoms with Crippen LogP contribution in [0.2, 0.25) is 0 Å². The normalized spacial score (nSPS) is 11.9. The molecule has 0 bridgehead atoms. The van der Waals surface area contributed by atoms with Gasteiger partial charge in [0.2, 0.25) is 0 Å². The molecule has 0 aliphatic heterocycles. The van der Waals surface area contributed by atoms with Crippen molar-refractivity contribution in [2.24, 2.45) is 0 Å². The average molecular weight is 990 g/mol. The molecule has 6 heteroatoms. The summed E-state index contributed by atoms with van der Waals surface area (Å²) in [6.45, 7) is 6.62. The first-order valence-corrected chi connectivity index (χ1v) is 32.0. The summed E-state index contributed by atoms with van der Waals surface area (Å²) in [5.41, 5.74) is 0. The van der Waals surface area contributed by atoms with Crippen molar-refractivity contribution in [3.63, 3.8) is 0 Å². The number of hydrogen-bond donors (Lipinski definition) is 0. The Morgan fingerprint density at radius 2 is 0.386 bits per heavy atom. The largest absolute Gasteiger partial charge is 0.462 e. The van der Waals surface area contributed by atoms with Crippen LogP contribution < -0.4 is 0 Å². The summed E-state index contributed by atoms with van der Waals surface area (Å²) in [7, 11) is 0. The van der Waals surface area contributed by atoms with E-state index in [1.807, 2.05) is 0 Å². The lowest BCUT2D eigenvalue weighted by Crippen LogP contribution is -2.30. The van der Waals surface area contributed by atoms with E-state index >= 15 is 0 Å². The number of rotatable bonds is 60. The van der Waals surface area contributed by atoms with Gasteiger partial charge in [0.05, 0.1) is 0 Å². The first-order valence-electron chi connectivity index (χ1n) is 32.0. The molecule has 0 saturated heterocycles. The fourth-order valence-corrected chi connectivity index (χ4v) is 10.0. The van der Waals surface area contributed by atoms with Crippen molar-refractivity contribution in [2.75, 3.05) is 13.2 Å². The topological polar surface area (TPSA) is 78.9 Å². The minimum absolute atomic E-state index is 0.0629. The van der Waals surface area contributed by atoms with Crippen LogP contribution in [0.4, 0.5) is 0 Å². The molecule has 0 saturated carbocycles. The van der Waals surface area contributed by atoms with Gasteiger partial charge in [0.25, 0.3) is 0 Å². The Kier molecular flexibility index (Phi) is 58.6. The highest BCUT2D eigenvalue weighted by atomic mass is 16.6. The molecule has 416 valence electrons. The van der Waals surface area contributed by atoms with Crippen molar-refractivity contribution in [1.82, 2.24) is 0 Å². The molecule has 1 unspecified atom stereocenters.